The molecule has 0 aromatic heterocycles. The predicted octanol–water partition coefficient (Wildman–Crippen LogP) is -1.20. The van der Waals surface area contributed by atoms with Crippen molar-refractivity contribution >= 4 is 11.9 Å². The fraction of sp³-hybridized carbons (Fsp3) is 0.833. The number of halogens is 1. The molecule has 0 unspecified atom stereocenters. The Morgan fingerprint density at radius 2 is 2.00 bits per heavy atom. The van der Waals surface area contributed by atoms with E-state index >= 15 is 0 Å². The van der Waals surface area contributed by atoms with Crippen LogP contribution in [0.4, 0.5) is 0 Å². The van der Waals surface area contributed by atoms with Gasteiger partial charge in [0.15, 0.2) is 0 Å². The van der Waals surface area contributed by atoms with Crippen LogP contribution < -0.4 is 0 Å². The van der Waals surface area contributed by atoms with Crippen LogP contribution >= 0.6 is 11.9 Å². The van der Waals surface area contributed by atoms with E-state index in [1.54, 1.807) is 0 Å². The van der Waals surface area contributed by atoms with Crippen LogP contribution in [0.25, 0.3) is 0 Å². The second-order valence-electron chi connectivity index (χ2n) is 2.56. The van der Waals surface area contributed by atoms with Gasteiger partial charge in [-0.25, -0.2) is 0 Å². The van der Waals surface area contributed by atoms with Crippen molar-refractivity contribution in [1.82, 2.24) is 0 Å². The number of ether oxygens (including phenoxy) is 1. The Labute approximate surface area is 74.6 Å². The molecule has 1 radical (unpaired) electrons. The fourth-order valence-electron chi connectivity index (χ4n) is 0.964. The van der Waals surface area contributed by atoms with Gasteiger partial charge in [0.1, 0.15) is 31.0 Å². The molecule has 1 heterocycles. The number of hydrogen-bond acceptors (Lipinski definition) is 5. The highest BCUT2D eigenvalue weighted by Gasteiger charge is 2.37. The fourth-order valence-corrected chi connectivity index (χ4v) is 1.09. The van der Waals surface area contributed by atoms with Gasteiger partial charge in [-0.05, 0) is 0 Å². The summed E-state index contributed by atoms with van der Waals surface area (Å²) in [5.74, 6) is 0. The molecule has 1 rings (SSSR count). The SMILES string of the molecule is O[C@@H]1[C@H](O)[C@@H](O)[CH]O[C@@H]1COCl. The Kier molecular flexibility index (Phi) is 3.70. The first-order chi connectivity index (χ1) is 5.66. The molecule has 4 atom stereocenters. The third kappa shape index (κ3) is 2.07. The van der Waals surface area contributed by atoms with E-state index in [0.29, 0.717) is 0 Å². The van der Waals surface area contributed by atoms with Gasteiger partial charge in [-0.2, -0.15) is 0 Å². The van der Waals surface area contributed by atoms with Gasteiger partial charge in [0.05, 0.1) is 18.5 Å². The molecule has 6 heteroatoms. The molecule has 1 aliphatic heterocycles. The molecule has 0 bridgehead atoms. The summed E-state index contributed by atoms with van der Waals surface area (Å²) in [5, 5.41) is 27.3. The van der Waals surface area contributed by atoms with Gasteiger partial charge in [-0.15, -0.1) is 0 Å². The lowest BCUT2D eigenvalue weighted by Crippen LogP contribution is -2.52. The monoisotopic (exact) mass is 197 g/mol. The Hall–Kier alpha value is 0.0900. The van der Waals surface area contributed by atoms with E-state index in [0.717, 1.165) is 6.61 Å². The van der Waals surface area contributed by atoms with Gasteiger partial charge >= 0.3 is 0 Å². The van der Waals surface area contributed by atoms with E-state index in [1.165, 1.54) is 0 Å². The number of aliphatic hydroxyl groups excluding tert-OH is 3. The van der Waals surface area contributed by atoms with Crippen LogP contribution in [0.5, 0.6) is 0 Å². The summed E-state index contributed by atoms with van der Waals surface area (Å²) in [5.41, 5.74) is 0. The Morgan fingerprint density at radius 3 is 2.58 bits per heavy atom. The van der Waals surface area contributed by atoms with Crippen molar-refractivity contribution < 1.29 is 24.3 Å². The van der Waals surface area contributed by atoms with Crippen molar-refractivity contribution in [2.45, 2.75) is 24.4 Å². The molecule has 1 aliphatic rings. The van der Waals surface area contributed by atoms with Gasteiger partial charge in [0, 0.05) is 0 Å². The molecule has 0 spiro atoms. The molecule has 0 amide bonds. The molecule has 0 saturated carbocycles. The minimum absolute atomic E-state index is 0.0526. The van der Waals surface area contributed by atoms with Crippen LogP contribution in [-0.2, 0) is 9.03 Å². The summed E-state index contributed by atoms with van der Waals surface area (Å²) in [6.45, 7) is 0.987. The highest BCUT2D eigenvalue weighted by Crippen LogP contribution is 2.18. The zero-order chi connectivity index (χ0) is 9.14. The highest BCUT2D eigenvalue weighted by atomic mass is 35.5. The van der Waals surface area contributed by atoms with Crippen molar-refractivity contribution in [3.63, 3.8) is 0 Å². The van der Waals surface area contributed by atoms with E-state index in [2.05, 4.69) is 4.29 Å². The molecule has 0 aliphatic carbocycles. The topological polar surface area (TPSA) is 79.2 Å². The maximum absolute atomic E-state index is 9.25. The van der Waals surface area contributed by atoms with Crippen molar-refractivity contribution in [1.29, 1.82) is 0 Å². The average Bonchev–Trinajstić information content (AvgIpc) is 2.07. The minimum atomic E-state index is -1.25. The van der Waals surface area contributed by atoms with Crippen molar-refractivity contribution in [3.05, 3.63) is 6.61 Å². The molecule has 12 heavy (non-hydrogen) atoms. The zero-order valence-electron chi connectivity index (χ0n) is 6.13. The van der Waals surface area contributed by atoms with Gasteiger partial charge in [-0.1, -0.05) is 0 Å². The second kappa shape index (κ2) is 4.36. The number of aliphatic hydroxyl groups is 3. The lowest BCUT2D eigenvalue weighted by molar-refractivity contribution is -0.167. The standard InChI is InChI=1S/C6H10ClO5/c7-12-2-4-6(10)5(9)3(8)1-11-4/h1,3-6,8-10H,2H2/t3-,4+,5+,6-/m0/s1. The summed E-state index contributed by atoms with van der Waals surface area (Å²) < 4.78 is 9.03. The molecule has 5 nitrogen and oxygen atoms in total. The van der Waals surface area contributed by atoms with Gasteiger partial charge in [0.2, 0.25) is 0 Å². The molecule has 0 aromatic carbocycles. The van der Waals surface area contributed by atoms with Gasteiger partial charge in [-0.3, -0.25) is 4.29 Å². The summed E-state index contributed by atoms with van der Waals surface area (Å²) in [7, 11) is 0. The quantitative estimate of drug-likeness (QED) is 0.518. The van der Waals surface area contributed by atoms with Gasteiger partial charge < -0.3 is 20.1 Å². The van der Waals surface area contributed by atoms with Crippen molar-refractivity contribution in [3.8, 4) is 0 Å². The van der Waals surface area contributed by atoms with Crippen LogP contribution in [0.15, 0.2) is 0 Å². The first kappa shape index (κ1) is 10.2. The van der Waals surface area contributed by atoms with Crippen LogP contribution in [0.2, 0.25) is 0 Å². The number of hydrogen-bond donors (Lipinski definition) is 3. The average molecular weight is 198 g/mol. The minimum Gasteiger partial charge on any atom is -0.388 e. The Morgan fingerprint density at radius 1 is 1.33 bits per heavy atom. The Bertz CT molecular complexity index is 144. The normalized spacial score (nSPS) is 43.0. The maximum Gasteiger partial charge on any atom is 0.115 e. The van der Waals surface area contributed by atoms with Crippen LogP contribution in [0.1, 0.15) is 0 Å². The van der Waals surface area contributed by atoms with E-state index in [1.807, 2.05) is 0 Å². The third-order valence-electron chi connectivity index (χ3n) is 1.70. The molecule has 1 fully saturated rings. The second-order valence-corrected chi connectivity index (χ2v) is 2.78. The Balaban J connectivity index is 2.46. The first-order valence-electron chi connectivity index (χ1n) is 3.43. The summed E-state index contributed by atoms with van der Waals surface area (Å²) in [6.07, 6.45) is -4.35. The van der Waals surface area contributed by atoms with Gasteiger partial charge in [0.25, 0.3) is 0 Å². The molecular formula is C6H10ClO5. The maximum atomic E-state index is 9.25. The lowest BCUT2D eigenvalue weighted by atomic mass is 10.0. The van der Waals surface area contributed by atoms with Crippen molar-refractivity contribution in [2.75, 3.05) is 6.61 Å². The zero-order valence-corrected chi connectivity index (χ0v) is 6.89. The van der Waals surface area contributed by atoms with E-state index < -0.39 is 24.4 Å². The highest BCUT2D eigenvalue weighted by molar-refractivity contribution is 6.07. The molecule has 71 valence electrons. The molecule has 0 aromatic rings. The van der Waals surface area contributed by atoms with E-state index in [-0.39, 0.29) is 6.61 Å². The summed E-state index contributed by atoms with van der Waals surface area (Å²) >= 11 is 4.94. The van der Waals surface area contributed by atoms with E-state index in [4.69, 9.17) is 26.8 Å². The third-order valence-corrected chi connectivity index (χ3v) is 1.83. The van der Waals surface area contributed by atoms with Crippen LogP contribution in [-0.4, -0.2) is 46.3 Å². The predicted molar refractivity (Wildman–Crippen MR) is 39.0 cm³/mol. The largest absolute Gasteiger partial charge is 0.388 e. The molecule has 1 saturated heterocycles. The molecule has 3 N–H and O–H groups in total. The summed E-state index contributed by atoms with van der Waals surface area (Å²) in [4.78, 5) is 0. The number of rotatable bonds is 2. The summed E-state index contributed by atoms with van der Waals surface area (Å²) in [6, 6.07) is 0. The van der Waals surface area contributed by atoms with Crippen molar-refractivity contribution in [2.24, 2.45) is 0 Å². The van der Waals surface area contributed by atoms with Crippen LogP contribution in [0, 0.1) is 6.61 Å². The lowest BCUT2D eigenvalue weighted by Gasteiger charge is -2.33. The van der Waals surface area contributed by atoms with E-state index in [9.17, 15) is 5.11 Å². The smallest absolute Gasteiger partial charge is 0.115 e. The first-order valence-corrected chi connectivity index (χ1v) is 3.74. The van der Waals surface area contributed by atoms with Crippen LogP contribution in [0.3, 0.4) is 0 Å². The molecular weight excluding hydrogens is 188 g/mol.